The third-order valence-corrected chi connectivity index (χ3v) is 6.50. The van der Waals surface area contributed by atoms with Crippen molar-refractivity contribution < 1.29 is 14.0 Å². The van der Waals surface area contributed by atoms with E-state index in [4.69, 9.17) is 14.0 Å². The van der Waals surface area contributed by atoms with Crippen molar-refractivity contribution in [3.8, 4) is 5.75 Å². The Morgan fingerprint density at radius 2 is 1.75 bits per heavy atom. The van der Waals surface area contributed by atoms with Crippen molar-refractivity contribution in [2.45, 2.75) is 89.7 Å². The van der Waals surface area contributed by atoms with E-state index in [1.54, 1.807) is 0 Å². The Balaban J connectivity index is 1.29. The van der Waals surface area contributed by atoms with Gasteiger partial charge < -0.3 is 19.3 Å². The van der Waals surface area contributed by atoms with E-state index in [-0.39, 0.29) is 0 Å². The van der Waals surface area contributed by atoms with Gasteiger partial charge in [-0.25, -0.2) is 0 Å². The number of aryl methyl sites for hydroxylation is 2. The van der Waals surface area contributed by atoms with Crippen molar-refractivity contribution in [1.29, 1.82) is 0 Å². The third kappa shape index (κ3) is 3.70. The van der Waals surface area contributed by atoms with Gasteiger partial charge in [0.15, 0.2) is 0 Å². The highest BCUT2D eigenvalue weighted by atomic mass is 16.5. The molecule has 1 aliphatic carbocycles. The number of rotatable bonds is 7. The normalized spacial score (nSPS) is 26.6. The van der Waals surface area contributed by atoms with Gasteiger partial charge in [0.2, 0.25) is 0 Å². The van der Waals surface area contributed by atoms with Crippen LogP contribution in [0.3, 0.4) is 0 Å². The van der Waals surface area contributed by atoms with Gasteiger partial charge in [0, 0.05) is 23.6 Å². The summed E-state index contributed by atoms with van der Waals surface area (Å²) in [6, 6.07) is 7.50. The Hall–Kier alpha value is -1.85. The van der Waals surface area contributed by atoms with Crippen molar-refractivity contribution in [2.24, 2.45) is 0 Å². The summed E-state index contributed by atoms with van der Waals surface area (Å²) in [4.78, 5) is 0. The molecule has 2 aromatic rings. The minimum Gasteiger partial charge on any atom is -0.487 e. The lowest BCUT2D eigenvalue weighted by Gasteiger charge is -2.29. The maximum atomic E-state index is 6.37. The molecule has 3 aliphatic rings. The first-order chi connectivity index (χ1) is 13.7. The van der Waals surface area contributed by atoms with Crippen LogP contribution in [0.15, 0.2) is 22.7 Å². The van der Waals surface area contributed by atoms with Gasteiger partial charge in [0.1, 0.15) is 23.8 Å². The molecule has 1 aromatic heterocycles. The predicted molar refractivity (Wildman–Crippen MR) is 106 cm³/mol. The predicted octanol–water partition coefficient (Wildman–Crippen LogP) is 4.55. The average Bonchev–Trinajstić information content (AvgIpc) is 3.36. The van der Waals surface area contributed by atoms with Crippen molar-refractivity contribution >= 4 is 0 Å². The van der Waals surface area contributed by atoms with E-state index in [9.17, 15) is 0 Å². The summed E-state index contributed by atoms with van der Waals surface area (Å²) >= 11 is 0. The molecule has 3 heterocycles. The van der Waals surface area contributed by atoms with E-state index in [2.05, 4.69) is 42.5 Å². The second-order valence-corrected chi connectivity index (χ2v) is 8.80. The lowest BCUT2D eigenvalue weighted by atomic mass is 10.0. The molecule has 5 heteroatoms. The zero-order valence-electron chi connectivity index (χ0n) is 16.9. The Morgan fingerprint density at radius 1 is 1.04 bits per heavy atom. The second kappa shape index (κ2) is 7.53. The summed E-state index contributed by atoms with van der Waals surface area (Å²) < 4.78 is 18.3. The molecule has 3 atom stereocenters. The van der Waals surface area contributed by atoms with Gasteiger partial charge in [-0.05, 0) is 63.5 Å². The van der Waals surface area contributed by atoms with Crippen LogP contribution in [0.4, 0.5) is 0 Å². The zero-order chi connectivity index (χ0) is 19.1. The van der Waals surface area contributed by atoms with Crippen molar-refractivity contribution in [2.75, 3.05) is 0 Å². The molecule has 2 bridgehead atoms. The molecule has 0 amide bonds. The summed E-state index contributed by atoms with van der Waals surface area (Å²) in [7, 11) is 0. The maximum absolute atomic E-state index is 6.37. The van der Waals surface area contributed by atoms with Crippen LogP contribution in [0.5, 0.6) is 5.75 Å². The summed E-state index contributed by atoms with van der Waals surface area (Å²) in [6.07, 6.45) is 7.55. The molecule has 0 radical (unpaired) electrons. The van der Waals surface area contributed by atoms with Crippen molar-refractivity contribution in [3.63, 3.8) is 0 Å². The molecular weight excluding hydrogens is 352 g/mol. The van der Waals surface area contributed by atoms with Gasteiger partial charge in [-0.1, -0.05) is 23.4 Å². The monoisotopic (exact) mass is 382 g/mol. The number of fused-ring (bicyclic) bond motifs is 2. The highest BCUT2D eigenvalue weighted by Crippen LogP contribution is 2.43. The molecule has 5 nitrogen and oxygen atoms in total. The number of nitrogens with zero attached hydrogens (tertiary/aromatic N) is 1. The molecule has 28 heavy (non-hydrogen) atoms. The van der Waals surface area contributed by atoms with Crippen LogP contribution in [0.25, 0.3) is 0 Å². The fraction of sp³-hybridized carbons (Fsp3) is 0.609. The molecule has 1 unspecified atom stereocenters. The van der Waals surface area contributed by atoms with Crippen molar-refractivity contribution in [1.82, 2.24) is 10.5 Å². The quantitative estimate of drug-likeness (QED) is 0.761. The summed E-state index contributed by atoms with van der Waals surface area (Å²) in [6.45, 7) is 5.18. The number of benzene rings is 1. The SMILES string of the molecule is Cc1cccc(C)c1OCc1noc(C2CC2)c1COC1C[C@H]2CC[C@@H](C1)N2. The van der Waals surface area contributed by atoms with Crippen LogP contribution >= 0.6 is 0 Å². The molecule has 3 fully saturated rings. The molecule has 2 saturated heterocycles. The standard InChI is InChI=1S/C23H30N2O3/c1-14-4-3-5-15(2)22(14)27-13-21-20(23(28-25-21)16-6-7-16)12-26-19-10-17-8-9-18(11-19)24-17/h3-5,16-19,24H,6-13H2,1-2H3/t17-,18+,19?. The maximum Gasteiger partial charge on any atom is 0.145 e. The summed E-state index contributed by atoms with van der Waals surface area (Å²) in [5.74, 6) is 2.49. The first-order valence-corrected chi connectivity index (χ1v) is 10.7. The number of hydrogen-bond donors (Lipinski definition) is 1. The van der Waals surface area contributed by atoms with Crippen LogP contribution in [0, 0.1) is 13.8 Å². The van der Waals surface area contributed by atoms with Crippen LogP contribution in [-0.4, -0.2) is 23.3 Å². The lowest BCUT2D eigenvalue weighted by Crippen LogP contribution is -2.41. The Bertz CT molecular complexity index is 810. The molecule has 2 aliphatic heterocycles. The van der Waals surface area contributed by atoms with E-state index in [1.165, 1.54) is 25.7 Å². The van der Waals surface area contributed by atoms with Crippen LogP contribution in [0.1, 0.15) is 72.6 Å². The fourth-order valence-corrected chi connectivity index (χ4v) is 4.80. The Morgan fingerprint density at radius 3 is 2.43 bits per heavy atom. The molecular formula is C23H30N2O3. The van der Waals surface area contributed by atoms with E-state index < -0.39 is 0 Å². The van der Waals surface area contributed by atoms with E-state index in [1.807, 2.05) is 0 Å². The number of para-hydroxylation sites is 1. The van der Waals surface area contributed by atoms with Crippen LogP contribution < -0.4 is 10.1 Å². The van der Waals surface area contributed by atoms with Gasteiger partial charge in [0.25, 0.3) is 0 Å². The Kier molecular flexibility index (Phi) is 4.89. The summed E-state index contributed by atoms with van der Waals surface area (Å²) in [5, 5.41) is 8.05. The lowest BCUT2D eigenvalue weighted by molar-refractivity contribution is 0.00806. The largest absolute Gasteiger partial charge is 0.487 e. The molecule has 150 valence electrons. The third-order valence-electron chi connectivity index (χ3n) is 6.50. The minimum atomic E-state index is 0.341. The van der Waals surface area contributed by atoms with E-state index in [0.29, 0.717) is 37.3 Å². The van der Waals surface area contributed by atoms with Crippen LogP contribution in [0.2, 0.25) is 0 Å². The zero-order valence-corrected chi connectivity index (χ0v) is 16.9. The fourth-order valence-electron chi connectivity index (χ4n) is 4.80. The molecule has 1 N–H and O–H groups in total. The van der Waals surface area contributed by atoms with Gasteiger partial charge in [-0.3, -0.25) is 0 Å². The number of aromatic nitrogens is 1. The second-order valence-electron chi connectivity index (χ2n) is 8.80. The molecule has 1 saturated carbocycles. The van der Waals surface area contributed by atoms with Gasteiger partial charge >= 0.3 is 0 Å². The minimum absolute atomic E-state index is 0.341. The number of ether oxygens (including phenoxy) is 2. The van der Waals surface area contributed by atoms with Crippen molar-refractivity contribution in [3.05, 3.63) is 46.3 Å². The van der Waals surface area contributed by atoms with E-state index >= 15 is 0 Å². The smallest absolute Gasteiger partial charge is 0.145 e. The average molecular weight is 383 g/mol. The molecule has 0 spiro atoms. The first kappa shape index (κ1) is 18.2. The van der Waals surface area contributed by atoms with E-state index in [0.717, 1.165) is 46.7 Å². The van der Waals surface area contributed by atoms with Gasteiger partial charge in [-0.15, -0.1) is 0 Å². The highest BCUT2D eigenvalue weighted by molar-refractivity contribution is 5.40. The number of piperidine rings is 1. The topological polar surface area (TPSA) is 56.5 Å². The van der Waals surface area contributed by atoms with Gasteiger partial charge in [-0.2, -0.15) is 0 Å². The summed E-state index contributed by atoms with van der Waals surface area (Å²) in [5.41, 5.74) is 4.31. The highest BCUT2D eigenvalue weighted by Gasteiger charge is 2.36. The Labute approximate surface area is 166 Å². The number of hydrogen-bond acceptors (Lipinski definition) is 5. The molecule has 1 aromatic carbocycles. The molecule has 5 rings (SSSR count). The first-order valence-electron chi connectivity index (χ1n) is 10.7. The van der Waals surface area contributed by atoms with Crippen LogP contribution in [-0.2, 0) is 18.0 Å². The van der Waals surface area contributed by atoms with Gasteiger partial charge in [0.05, 0.1) is 12.7 Å². The number of nitrogens with one attached hydrogen (secondary N) is 1.